The van der Waals surface area contributed by atoms with Gasteiger partial charge in [-0.05, 0) is 6.07 Å². The average Bonchev–Trinajstić information content (AvgIpc) is 2.65. The summed E-state index contributed by atoms with van der Waals surface area (Å²) in [6, 6.07) is 7.38. The van der Waals surface area contributed by atoms with Gasteiger partial charge in [0.1, 0.15) is 5.69 Å². The van der Waals surface area contributed by atoms with Crippen LogP contribution in [-0.2, 0) is 16.6 Å². The van der Waals surface area contributed by atoms with Gasteiger partial charge >= 0.3 is 5.97 Å². The normalized spacial score (nSPS) is 12.7. The van der Waals surface area contributed by atoms with Crippen LogP contribution in [-0.4, -0.2) is 28.0 Å². The van der Waals surface area contributed by atoms with Crippen LogP contribution in [0.25, 0.3) is 10.9 Å². The van der Waals surface area contributed by atoms with Crippen LogP contribution in [0.3, 0.4) is 0 Å². The maximum atomic E-state index is 11.2. The van der Waals surface area contributed by atoms with E-state index in [1.165, 1.54) is 7.11 Å². The number of methoxy groups -OCH3 is 1. The lowest BCUT2D eigenvalue weighted by molar-refractivity contribution is -0.150. The maximum Gasteiger partial charge on any atom is 0.341 e. The number of aryl methyl sites for hydroxylation is 1. The van der Waals surface area contributed by atoms with Crippen molar-refractivity contribution in [3.63, 3.8) is 0 Å². The van der Waals surface area contributed by atoms with Crippen LogP contribution in [0.1, 0.15) is 11.8 Å². The van der Waals surface area contributed by atoms with E-state index in [1.807, 2.05) is 24.3 Å². The number of hydrogen-bond acceptors (Lipinski definition) is 4. The highest BCUT2D eigenvalue weighted by atomic mass is 16.5. The summed E-state index contributed by atoms with van der Waals surface area (Å²) >= 11 is 0. The van der Waals surface area contributed by atoms with Gasteiger partial charge in [-0.25, -0.2) is 4.79 Å². The van der Waals surface area contributed by atoms with E-state index in [9.17, 15) is 9.90 Å². The lowest BCUT2D eigenvalue weighted by Gasteiger charge is -2.04. The first-order chi connectivity index (χ1) is 7.65. The second-order valence-electron chi connectivity index (χ2n) is 3.45. The molecule has 1 unspecified atom stereocenters. The fraction of sp³-hybridized carbons (Fsp3) is 0.273. The first-order valence-electron chi connectivity index (χ1n) is 4.82. The van der Waals surface area contributed by atoms with Gasteiger partial charge in [-0.2, -0.15) is 5.10 Å². The number of aromatic nitrogens is 2. The second-order valence-corrected chi connectivity index (χ2v) is 3.45. The Bertz CT molecular complexity index is 533. The van der Waals surface area contributed by atoms with Gasteiger partial charge in [0.15, 0.2) is 6.10 Å². The number of esters is 1. The SMILES string of the molecule is COC(=O)C(O)c1nn(C)c2ccccc12. The molecule has 0 bridgehead atoms. The summed E-state index contributed by atoms with van der Waals surface area (Å²) in [7, 11) is 2.99. The molecule has 5 heteroatoms. The Labute approximate surface area is 92.2 Å². The Hall–Kier alpha value is -1.88. The molecule has 0 aliphatic carbocycles. The highest BCUT2D eigenvalue weighted by Crippen LogP contribution is 2.23. The number of ether oxygens (including phenoxy) is 1. The van der Waals surface area contributed by atoms with Gasteiger partial charge in [-0.1, -0.05) is 18.2 Å². The van der Waals surface area contributed by atoms with Crippen molar-refractivity contribution in [2.45, 2.75) is 6.10 Å². The third-order valence-electron chi connectivity index (χ3n) is 2.47. The van der Waals surface area contributed by atoms with Crippen molar-refractivity contribution in [3.05, 3.63) is 30.0 Å². The summed E-state index contributed by atoms with van der Waals surface area (Å²) in [5.41, 5.74) is 1.19. The lowest BCUT2D eigenvalue weighted by atomic mass is 10.1. The van der Waals surface area contributed by atoms with Gasteiger partial charge in [0.05, 0.1) is 12.6 Å². The molecule has 0 amide bonds. The van der Waals surface area contributed by atoms with Crippen LogP contribution in [0.5, 0.6) is 0 Å². The molecule has 2 aromatic rings. The summed E-state index contributed by atoms with van der Waals surface area (Å²) < 4.78 is 6.11. The van der Waals surface area contributed by atoms with E-state index in [0.29, 0.717) is 5.69 Å². The fourth-order valence-corrected chi connectivity index (χ4v) is 1.67. The van der Waals surface area contributed by atoms with Crippen molar-refractivity contribution in [1.82, 2.24) is 9.78 Å². The van der Waals surface area contributed by atoms with E-state index in [-0.39, 0.29) is 0 Å². The van der Waals surface area contributed by atoms with Crippen LogP contribution >= 0.6 is 0 Å². The third kappa shape index (κ3) is 1.55. The van der Waals surface area contributed by atoms with Crippen LogP contribution < -0.4 is 0 Å². The summed E-state index contributed by atoms with van der Waals surface area (Å²) in [5.74, 6) is -0.705. The van der Waals surface area contributed by atoms with E-state index in [2.05, 4.69) is 9.84 Å². The van der Waals surface area contributed by atoms with Crippen molar-refractivity contribution in [3.8, 4) is 0 Å². The number of carbonyl (C=O) groups excluding carboxylic acids is 1. The van der Waals surface area contributed by atoms with Crippen LogP contribution in [0, 0.1) is 0 Å². The number of para-hydroxylation sites is 1. The topological polar surface area (TPSA) is 64.3 Å². The quantitative estimate of drug-likeness (QED) is 0.759. The van der Waals surface area contributed by atoms with Crippen LogP contribution in [0.4, 0.5) is 0 Å². The second kappa shape index (κ2) is 3.94. The van der Waals surface area contributed by atoms with Gasteiger partial charge in [-0.15, -0.1) is 0 Å². The van der Waals surface area contributed by atoms with E-state index in [4.69, 9.17) is 0 Å². The zero-order valence-corrected chi connectivity index (χ0v) is 9.04. The Balaban J connectivity index is 2.57. The number of rotatable bonds is 2. The van der Waals surface area contributed by atoms with Crippen LogP contribution in [0.15, 0.2) is 24.3 Å². The zero-order chi connectivity index (χ0) is 11.7. The minimum absolute atomic E-state index is 0.324. The Morgan fingerprint density at radius 2 is 2.19 bits per heavy atom. The number of aliphatic hydroxyl groups excluding tert-OH is 1. The van der Waals surface area contributed by atoms with Gasteiger partial charge < -0.3 is 9.84 Å². The van der Waals surface area contributed by atoms with Gasteiger partial charge in [-0.3, -0.25) is 4.68 Å². The van der Waals surface area contributed by atoms with Crippen molar-refractivity contribution in [2.75, 3.05) is 7.11 Å². The van der Waals surface area contributed by atoms with Gasteiger partial charge in [0, 0.05) is 12.4 Å². The highest BCUT2D eigenvalue weighted by molar-refractivity contribution is 5.87. The number of fused-ring (bicyclic) bond motifs is 1. The molecule has 0 radical (unpaired) electrons. The molecule has 16 heavy (non-hydrogen) atoms. The number of benzene rings is 1. The van der Waals surface area contributed by atoms with E-state index in [1.54, 1.807) is 11.7 Å². The molecule has 0 saturated heterocycles. The van der Waals surface area contributed by atoms with E-state index in [0.717, 1.165) is 10.9 Å². The standard InChI is InChI=1S/C11H12N2O3/c1-13-8-6-4-3-5-7(8)9(12-13)10(14)11(15)16-2/h3-6,10,14H,1-2H3. The minimum Gasteiger partial charge on any atom is -0.467 e. The Morgan fingerprint density at radius 3 is 2.88 bits per heavy atom. The first-order valence-corrected chi connectivity index (χ1v) is 4.82. The van der Waals surface area contributed by atoms with Crippen molar-refractivity contribution >= 4 is 16.9 Å². The van der Waals surface area contributed by atoms with Crippen molar-refractivity contribution < 1.29 is 14.6 Å². The number of aliphatic hydroxyl groups is 1. The lowest BCUT2D eigenvalue weighted by Crippen LogP contribution is -2.14. The summed E-state index contributed by atoms with van der Waals surface area (Å²) in [4.78, 5) is 11.2. The number of nitrogens with zero attached hydrogens (tertiary/aromatic N) is 2. The predicted molar refractivity (Wildman–Crippen MR) is 57.7 cm³/mol. The zero-order valence-electron chi connectivity index (χ0n) is 9.04. The average molecular weight is 220 g/mol. The van der Waals surface area contributed by atoms with E-state index < -0.39 is 12.1 Å². The van der Waals surface area contributed by atoms with E-state index >= 15 is 0 Å². The monoisotopic (exact) mass is 220 g/mol. The molecule has 0 spiro atoms. The molecule has 1 atom stereocenters. The molecule has 0 fully saturated rings. The highest BCUT2D eigenvalue weighted by Gasteiger charge is 2.23. The molecule has 1 heterocycles. The third-order valence-corrected chi connectivity index (χ3v) is 2.47. The molecule has 84 valence electrons. The van der Waals surface area contributed by atoms with Crippen molar-refractivity contribution in [1.29, 1.82) is 0 Å². The number of carbonyl (C=O) groups is 1. The molecule has 0 saturated carbocycles. The maximum absolute atomic E-state index is 11.2. The van der Waals surface area contributed by atoms with Crippen molar-refractivity contribution in [2.24, 2.45) is 7.05 Å². The molecule has 1 aromatic heterocycles. The molecule has 0 aliphatic heterocycles. The molecule has 0 aliphatic rings. The molecule has 1 aromatic carbocycles. The number of hydrogen-bond donors (Lipinski definition) is 1. The fourth-order valence-electron chi connectivity index (χ4n) is 1.67. The first kappa shape index (κ1) is 10.6. The van der Waals surface area contributed by atoms with Crippen LogP contribution in [0.2, 0.25) is 0 Å². The van der Waals surface area contributed by atoms with Gasteiger partial charge in [0.25, 0.3) is 0 Å². The van der Waals surface area contributed by atoms with Gasteiger partial charge in [0.2, 0.25) is 0 Å². The molecular weight excluding hydrogens is 208 g/mol. The summed E-state index contributed by atoms with van der Waals surface area (Å²) in [6.07, 6.45) is -1.34. The Kier molecular flexibility index (Phi) is 2.62. The molecule has 5 nitrogen and oxygen atoms in total. The Morgan fingerprint density at radius 1 is 1.50 bits per heavy atom. The predicted octanol–water partition coefficient (Wildman–Crippen LogP) is 0.780. The minimum atomic E-state index is -1.34. The summed E-state index contributed by atoms with van der Waals surface area (Å²) in [6.45, 7) is 0. The summed E-state index contributed by atoms with van der Waals surface area (Å²) in [5, 5.41) is 14.6. The molecule has 2 rings (SSSR count). The largest absolute Gasteiger partial charge is 0.467 e. The smallest absolute Gasteiger partial charge is 0.341 e. The molecule has 1 N–H and O–H groups in total. The molecular formula is C11H12N2O3.